The zero-order valence-corrected chi connectivity index (χ0v) is 18.4. The second-order valence-corrected chi connectivity index (χ2v) is 9.31. The van der Waals surface area contributed by atoms with Crippen molar-refractivity contribution in [2.45, 2.75) is 51.7 Å². The van der Waals surface area contributed by atoms with Crippen LogP contribution in [0.4, 0.5) is 0 Å². The number of amides is 1. The molecule has 28 heavy (non-hydrogen) atoms. The number of hydrogen-bond donors (Lipinski definition) is 0. The number of rotatable bonds is 9. The summed E-state index contributed by atoms with van der Waals surface area (Å²) in [7, 11) is 0. The summed E-state index contributed by atoms with van der Waals surface area (Å²) in [5.41, 5.74) is 2.82. The Morgan fingerprint density at radius 3 is 2.68 bits per heavy atom. The molecule has 1 amide bonds. The Bertz CT molecular complexity index is 610. The molecule has 1 aromatic rings. The van der Waals surface area contributed by atoms with E-state index in [0.717, 1.165) is 57.9 Å². The summed E-state index contributed by atoms with van der Waals surface area (Å²) >= 11 is 1.75. The van der Waals surface area contributed by atoms with Crippen LogP contribution in [0, 0.1) is 12.8 Å². The number of carbonyl (C=O) groups excluding carboxylic acids is 1. The molecule has 0 aliphatic carbocycles. The van der Waals surface area contributed by atoms with E-state index in [0.29, 0.717) is 18.2 Å². The van der Waals surface area contributed by atoms with Crippen LogP contribution in [0.1, 0.15) is 43.2 Å². The van der Waals surface area contributed by atoms with Crippen molar-refractivity contribution in [3.05, 3.63) is 35.4 Å². The molecule has 1 aromatic carbocycles. The minimum absolute atomic E-state index is 0.249. The molecule has 0 bridgehead atoms. The standard InChI is InChI=1S/C23H36N2O2S/c1-19-6-3-4-7-21(19)17-24-12-9-20(10-13-24)16-25(23(26)11-15-28-2)18-22-8-5-14-27-22/h3-4,6-7,20,22H,5,8-18H2,1-2H3. The Hall–Kier alpha value is -1.04. The average Bonchev–Trinajstić information content (AvgIpc) is 3.22. The van der Waals surface area contributed by atoms with Gasteiger partial charge >= 0.3 is 0 Å². The zero-order valence-electron chi connectivity index (χ0n) is 17.6. The molecular formula is C23H36N2O2S. The maximum absolute atomic E-state index is 12.8. The number of thioether (sulfide) groups is 1. The Morgan fingerprint density at radius 1 is 1.21 bits per heavy atom. The van der Waals surface area contributed by atoms with Crippen molar-refractivity contribution >= 4 is 17.7 Å². The molecule has 1 unspecified atom stereocenters. The first-order valence-corrected chi connectivity index (χ1v) is 12.2. The number of hydrogen-bond acceptors (Lipinski definition) is 4. The van der Waals surface area contributed by atoms with Crippen LogP contribution in [0.3, 0.4) is 0 Å². The van der Waals surface area contributed by atoms with E-state index < -0.39 is 0 Å². The van der Waals surface area contributed by atoms with E-state index in [2.05, 4.69) is 47.2 Å². The van der Waals surface area contributed by atoms with Gasteiger partial charge in [-0.15, -0.1) is 0 Å². The quantitative estimate of drug-likeness (QED) is 0.623. The van der Waals surface area contributed by atoms with Crippen molar-refractivity contribution in [2.24, 2.45) is 5.92 Å². The van der Waals surface area contributed by atoms with Gasteiger partial charge in [0, 0.05) is 38.4 Å². The normalized spacial score (nSPS) is 21.1. The van der Waals surface area contributed by atoms with Crippen molar-refractivity contribution in [3.8, 4) is 0 Å². The number of piperidine rings is 1. The maximum Gasteiger partial charge on any atom is 0.223 e. The molecule has 1 atom stereocenters. The molecule has 2 saturated heterocycles. The summed E-state index contributed by atoms with van der Waals surface area (Å²) in [5.74, 6) is 1.84. The van der Waals surface area contributed by atoms with Crippen molar-refractivity contribution in [2.75, 3.05) is 44.8 Å². The highest BCUT2D eigenvalue weighted by atomic mass is 32.2. The molecule has 2 heterocycles. The van der Waals surface area contributed by atoms with E-state index in [4.69, 9.17) is 4.74 Å². The third-order valence-corrected chi connectivity index (χ3v) is 6.77. The van der Waals surface area contributed by atoms with Crippen molar-refractivity contribution < 1.29 is 9.53 Å². The molecular weight excluding hydrogens is 368 g/mol. The van der Waals surface area contributed by atoms with Crippen molar-refractivity contribution in [3.63, 3.8) is 0 Å². The Labute approximate surface area is 175 Å². The molecule has 0 radical (unpaired) electrons. The lowest BCUT2D eigenvalue weighted by Crippen LogP contribution is -2.43. The summed E-state index contributed by atoms with van der Waals surface area (Å²) in [6, 6.07) is 8.69. The Balaban J connectivity index is 1.49. The monoisotopic (exact) mass is 404 g/mol. The van der Waals surface area contributed by atoms with Gasteiger partial charge in [-0.25, -0.2) is 0 Å². The predicted octanol–water partition coefficient (Wildman–Crippen LogP) is 3.97. The van der Waals surface area contributed by atoms with Crippen LogP contribution in [0.5, 0.6) is 0 Å². The molecule has 3 rings (SSSR count). The predicted molar refractivity (Wildman–Crippen MR) is 118 cm³/mol. The average molecular weight is 405 g/mol. The molecule has 4 nitrogen and oxygen atoms in total. The van der Waals surface area contributed by atoms with Crippen molar-refractivity contribution in [1.29, 1.82) is 0 Å². The van der Waals surface area contributed by atoms with Gasteiger partial charge in [0.15, 0.2) is 0 Å². The van der Waals surface area contributed by atoms with Gasteiger partial charge in [0.1, 0.15) is 0 Å². The highest BCUT2D eigenvalue weighted by Gasteiger charge is 2.27. The third kappa shape index (κ3) is 6.50. The summed E-state index contributed by atoms with van der Waals surface area (Å²) in [6.07, 6.45) is 7.57. The Kier molecular flexibility index (Phi) is 8.68. The number of nitrogens with zero attached hydrogens (tertiary/aromatic N) is 2. The van der Waals surface area contributed by atoms with E-state index in [1.807, 2.05) is 0 Å². The summed E-state index contributed by atoms with van der Waals surface area (Å²) in [4.78, 5) is 17.4. The van der Waals surface area contributed by atoms with Crippen LogP contribution in [-0.4, -0.2) is 66.6 Å². The number of ether oxygens (including phenoxy) is 1. The smallest absolute Gasteiger partial charge is 0.223 e. The largest absolute Gasteiger partial charge is 0.376 e. The highest BCUT2D eigenvalue weighted by molar-refractivity contribution is 7.98. The lowest BCUT2D eigenvalue weighted by molar-refractivity contribution is -0.133. The number of likely N-dealkylation sites (tertiary alicyclic amines) is 1. The topological polar surface area (TPSA) is 32.8 Å². The SMILES string of the molecule is CSCCC(=O)N(CC1CCN(Cc2ccccc2C)CC1)CC1CCCO1. The number of aryl methyl sites for hydroxylation is 1. The molecule has 2 aliphatic heterocycles. The van der Waals surface area contributed by atoms with E-state index in [9.17, 15) is 4.79 Å². The van der Waals surface area contributed by atoms with E-state index in [1.165, 1.54) is 24.0 Å². The van der Waals surface area contributed by atoms with Crippen LogP contribution in [0.15, 0.2) is 24.3 Å². The second kappa shape index (κ2) is 11.2. The van der Waals surface area contributed by atoms with Crippen molar-refractivity contribution in [1.82, 2.24) is 9.80 Å². The first-order valence-electron chi connectivity index (χ1n) is 10.8. The zero-order chi connectivity index (χ0) is 19.8. The molecule has 0 N–H and O–H groups in total. The van der Waals surface area contributed by atoms with E-state index in [-0.39, 0.29) is 6.10 Å². The van der Waals surface area contributed by atoms with E-state index >= 15 is 0 Å². The summed E-state index contributed by atoms with van der Waals surface area (Å²) in [6.45, 7) is 8.06. The molecule has 5 heteroatoms. The number of carbonyl (C=O) groups is 1. The molecule has 2 fully saturated rings. The van der Waals surface area contributed by atoms with Gasteiger partial charge in [0.25, 0.3) is 0 Å². The van der Waals surface area contributed by atoms with Crippen LogP contribution in [0.2, 0.25) is 0 Å². The lowest BCUT2D eigenvalue weighted by atomic mass is 9.95. The van der Waals surface area contributed by atoms with Gasteiger partial charge in [-0.1, -0.05) is 24.3 Å². The van der Waals surface area contributed by atoms with Crippen LogP contribution in [0.25, 0.3) is 0 Å². The highest BCUT2D eigenvalue weighted by Crippen LogP contribution is 2.23. The Morgan fingerprint density at radius 2 is 2.00 bits per heavy atom. The fourth-order valence-electron chi connectivity index (χ4n) is 4.33. The van der Waals surface area contributed by atoms with Crippen LogP contribution in [-0.2, 0) is 16.1 Å². The minimum atomic E-state index is 0.249. The lowest BCUT2D eigenvalue weighted by Gasteiger charge is -2.36. The maximum atomic E-state index is 12.8. The fraction of sp³-hybridized carbons (Fsp3) is 0.696. The molecule has 0 saturated carbocycles. The summed E-state index contributed by atoms with van der Waals surface area (Å²) < 4.78 is 5.81. The summed E-state index contributed by atoms with van der Waals surface area (Å²) in [5, 5.41) is 0. The molecule has 0 spiro atoms. The second-order valence-electron chi connectivity index (χ2n) is 8.32. The van der Waals surface area contributed by atoms with Gasteiger partial charge in [0.2, 0.25) is 5.91 Å². The van der Waals surface area contributed by atoms with Gasteiger partial charge in [-0.3, -0.25) is 9.69 Å². The number of benzene rings is 1. The van der Waals surface area contributed by atoms with Gasteiger partial charge in [-0.2, -0.15) is 11.8 Å². The van der Waals surface area contributed by atoms with Crippen LogP contribution >= 0.6 is 11.8 Å². The van der Waals surface area contributed by atoms with Gasteiger partial charge in [-0.05, 0) is 69.0 Å². The molecule has 2 aliphatic rings. The fourth-order valence-corrected chi connectivity index (χ4v) is 4.71. The minimum Gasteiger partial charge on any atom is -0.376 e. The van der Waals surface area contributed by atoms with Crippen LogP contribution < -0.4 is 0 Å². The van der Waals surface area contributed by atoms with Gasteiger partial charge in [0.05, 0.1) is 6.10 Å². The van der Waals surface area contributed by atoms with E-state index in [1.54, 1.807) is 11.8 Å². The van der Waals surface area contributed by atoms with Gasteiger partial charge < -0.3 is 9.64 Å². The first kappa shape index (κ1) is 21.7. The molecule has 156 valence electrons. The first-order chi connectivity index (χ1) is 13.7. The molecule has 0 aromatic heterocycles. The third-order valence-electron chi connectivity index (χ3n) is 6.16.